The van der Waals surface area contributed by atoms with Gasteiger partial charge in [-0.05, 0) is 68.7 Å². The molecule has 0 spiro atoms. The summed E-state index contributed by atoms with van der Waals surface area (Å²) < 4.78 is 7.97. The Balaban J connectivity index is 1.27. The molecular weight excluding hydrogens is 378 g/mol. The third-order valence-electron chi connectivity index (χ3n) is 5.47. The molecule has 0 bridgehead atoms. The topological polar surface area (TPSA) is 73.2 Å². The Labute approximate surface area is 176 Å². The highest BCUT2D eigenvalue weighted by Crippen LogP contribution is 2.24. The van der Waals surface area contributed by atoms with Crippen molar-refractivity contribution in [1.29, 1.82) is 0 Å². The SMILES string of the molecule is CC(=O)c1ccc(OCCCC(=O)Nc2ccc3c(c2)nc2n3CCCCC2)cc1. The average Bonchev–Trinajstić information content (AvgIpc) is 2.91. The Hall–Kier alpha value is -3.15. The van der Waals surface area contributed by atoms with Gasteiger partial charge in [-0.25, -0.2) is 4.98 Å². The summed E-state index contributed by atoms with van der Waals surface area (Å²) in [5.41, 5.74) is 3.53. The van der Waals surface area contributed by atoms with Crippen molar-refractivity contribution in [1.82, 2.24) is 9.55 Å². The van der Waals surface area contributed by atoms with Gasteiger partial charge in [0.2, 0.25) is 5.91 Å². The lowest BCUT2D eigenvalue weighted by Crippen LogP contribution is -2.12. The largest absolute Gasteiger partial charge is 0.494 e. The van der Waals surface area contributed by atoms with Crippen molar-refractivity contribution in [2.45, 2.75) is 52.0 Å². The summed E-state index contributed by atoms with van der Waals surface area (Å²) in [5, 5.41) is 2.96. The van der Waals surface area contributed by atoms with Gasteiger partial charge in [-0.15, -0.1) is 0 Å². The molecule has 0 atom stereocenters. The molecule has 30 heavy (non-hydrogen) atoms. The predicted octanol–water partition coefficient (Wildman–Crippen LogP) is 4.76. The maximum atomic E-state index is 12.3. The Bertz CT molecular complexity index is 1050. The van der Waals surface area contributed by atoms with Crippen LogP contribution in [0, 0.1) is 0 Å². The molecule has 0 saturated heterocycles. The lowest BCUT2D eigenvalue weighted by molar-refractivity contribution is -0.116. The van der Waals surface area contributed by atoms with Crippen molar-refractivity contribution in [2.75, 3.05) is 11.9 Å². The number of nitrogens with zero attached hydrogens (tertiary/aromatic N) is 2. The Morgan fingerprint density at radius 2 is 1.93 bits per heavy atom. The molecule has 6 nitrogen and oxygen atoms in total. The normalized spacial score (nSPS) is 13.5. The molecule has 0 fully saturated rings. The molecule has 156 valence electrons. The Kier molecular flexibility index (Phi) is 6.12. The monoisotopic (exact) mass is 405 g/mol. The lowest BCUT2D eigenvalue weighted by Gasteiger charge is -2.08. The molecule has 2 aromatic carbocycles. The predicted molar refractivity (Wildman–Crippen MR) is 117 cm³/mol. The van der Waals surface area contributed by atoms with Crippen LogP contribution in [-0.4, -0.2) is 27.8 Å². The van der Waals surface area contributed by atoms with Crippen LogP contribution < -0.4 is 10.1 Å². The number of Topliss-reactive ketones (excluding diaryl/α,β-unsaturated/α-hetero) is 1. The van der Waals surface area contributed by atoms with E-state index in [1.807, 2.05) is 12.1 Å². The summed E-state index contributed by atoms with van der Waals surface area (Å²) in [4.78, 5) is 28.4. The van der Waals surface area contributed by atoms with E-state index in [0.29, 0.717) is 30.8 Å². The van der Waals surface area contributed by atoms with E-state index in [-0.39, 0.29) is 11.7 Å². The number of amides is 1. The Morgan fingerprint density at radius 3 is 2.73 bits per heavy atom. The molecule has 0 aliphatic carbocycles. The number of nitrogens with one attached hydrogen (secondary N) is 1. The summed E-state index contributed by atoms with van der Waals surface area (Å²) in [6.45, 7) is 3.00. The van der Waals surface area contributed by atoms with Gasteiger partial charge in [-0.3, -0.25) is 9.59 Å². The first-order chi connectivity index (χ1) is 14.6. The molecular formula is C24H27N3O3. The molecule has 2 heterocycles. The number of fused-ring (bicyclic) bond motifs is 3. The number of hydrogen-bond acceptors (Lipinski definition) is 4. The second kappa shape index (κ2) is 9.11. The molecule has 0 saturated carbocycles. The first kappa shape index (κ1) is 20.1. The minimum Gasteiger partial charge on any atom is -0.494 e. The quantitative estimate of drug-likeness (QED) is 0.454. The van der Waals surface area contributed by atoms with Crippen LogP contribution in [0.15, 0.2) is 42.5 Å². The zero-order valence-corrected chi connectivity index (χ0v) is 17.3. The van der Waals surface area contributed by atoms with E-state index in [1.165, 1.54) is 26.2 Å². The Morgan fingerprint density at radius 1 is 1.10 bits per heavy atom. The summed E-state index contributed by atoms with van der Waals surface area (Å²) >= 11 is 0. The number of aryl methyl sites for hydroxylation is 2. The van der Waals surface area contributed by atoms with Crippen LogP contribution in [0.5, 0.6) is 5.75 Å². The first-order valence-electron chi connectivity index (χ1n) is 10.6. The smallest absolute Gasteiger partial charge is 0.224 e. The maximum Gasteiger partial charge on any atom is 0.224 e. The second-order valence-electron chi connectivity index (χ2n) is 7.77. The van der Waals surface area contributed by atoms with E-state index in [9.17, 15) is 9.59 Å². The molecule has 4 rings (SSSR count). The van der Waals surface area contributed by atoms with Crippen LogP contribution in [0.3, 0.4) is 0 Å². The van der Waals surface area contributed by atoms with Crippen molar-refractivity contribution in [3.63, 3.8) is 0 Å². The molecule has 1 aliphatic rings. The maximum absolute atomic E-state index is 12.3. The summed E-state index contributed by atoms with van der Waals surface area (Å²) in [6.07, 6.45) is 5.65. The number of anilines is 1. The highest BCUT2D eigenvalue weighted by atomic mass is 16.5. The molecule has 1 amide bonds. The van der Waals surface area contributed by atoms with Gasteiger partial charge in [-0.1, -0.05) is 6.42 Å². The standard InChI is InChI=1S/C24H27N3O3/c1-17(28)18-8-11-20(12-9-18)30-15-5-7-24(29)25-19-10-13-22-21(16-19)26-23-6-3-2-4-14-27(22)23/h8-13,16H,2-7,14-15H2,1H3,(H,25,29). The van der Waals surface area contributed by atoms with Gasteiger partial charge in [0, 0.05) is 30.6 Å². The second-order valence-corrected chi connectivity index (χ2v) is 7.77. The number of carbonyl (C=O) groups excluding carboxylic acids is 2. The van der Waals surface area contributed by atoms with Crippen molar-refractivity contribution in [3.8, 4) is 5.75 Å². The fourth-order valence-electron chi connectivity index (χ4n) is 3.86. The van der Waals surface area contributed by atoms with E-state index in [1.54, 1.807) is 24.3 Å². The minimum absolute atomic E-state index is 0.0302. The number of hydrogen-bond donors (Lipinski definition) is 1. The van der Waals surface area contributed by atoms with E-state index >= 15 is 0 Å². The highest BCUT2D eigenvalue weighted by molar-refractivity contribution is 5.94. The van der Waals surface area contributed by atoms with Crippen molar-refractivity contribution < 1.29 is 14.3 Å². The molecule has 6 heteroatoms. The van der Waals surface area contributed by atoms with E-state index in [4.69, 9.17) is 9.72 Å². The van der Waals surface area contributed by atoms with Gasteiger partial charge in [-0.2, -0.15) is 0 Å². The summed E-state index contributed by atoms with van der Waals surface area (Å²) in [6, 6.07) is 13.0. The number of imidazole rings is 1. The fraction of sp³-hybridized carbons (Fsp3) is 0.375. The first-order valence-corrected chi connectivity index (χ1v) is 10.6. The van der Waals surface area contributed by atoms with E-state index in [0.717, 1.165) is 35.5 Å². The number of aromatic nitrogens is 2. The average molecular weight is 405 g/mol. The van der Waals surface area contributed by atoms with Gasteiger partial charge < -0.3 is 14.6 Å². The van der Waals surface area contributed by atoms with Crippen molar-refractivity contribution >= 4 is 28.4 Å². The van der Waals surface area contributed by atoms with Crippen LogP contribution in [-0.2, 0) is 17.8 Å². The number of rotatable bonds is 7. The van der Waals surface area contributed by atoms with Crippen LogP contribution in [0.4, 0.5) is 5.69 Å². The molecule has 0 unspecified atom stereocenters. The third kappa shape index (κ3) is 4.70. The van der Waals surface area contributed by atoms with Gasteiger partial charge in [0.1, 0.15) is 11.6 Å². The number of ether oxygens (including phenoxy) is 1. The zero-order chi connectivity index (χ0) is 20.9. The zero-order valence-electron chi connectivity index (χ0n) is 17.3. The number of ketones is 1. The summed E-state index contributed by atoms with van der Waals surface area (Å²) in [7, 11) is 0. The fourth-order valence-corrected chi connectivity index (χ4v) is 3.86. The molecule has 1 aromatic heterocycles. The number of benzene rings is 2. The lowest BCUT2D eigenvalue weighted by atomic mass is 10.1. The van der Waals surface area contributed by atoms with Crippen molar-refractivity contribution in [2.24, 2.45) is 0 Å². The van der Waals surface area contributed by atoms with Gasteiger partial charge in [0.25, 0.3) is 0 Å². The minimum atomic E-state index is -0.0364. The van der Waals surface area contributed by atoms with Gasteiger partial charge in [0.05, 0.1) is 17.6 Å². The number of carbonyl (C=O) groups is 2. The van der Waals surface area contributed by atoms with Crippen LogP contribution >= 0.6 is 0 Å². The molecule has 0 radical (unpaired) electrons. The highest BCUT2D eigenvalue weighted by Gasteiger charge is 2.14. The van der Waals surface area contributed by atoms with Gasteiger partial charge in [0.15, 0.2) is 5.78 Å². The molecule has 3 aromatic rings. The van der Waals surface area contributed by atoms with E-state index in [2.05, 4.69) is 16.0 Å². The van der Waals surface area contributed by atoms with E-state index < -0.39 is 0 Å². The van der Waals surface area contributed by atoms with Gasteiger partial charge >= 0.3 is 0 Å². The van der Waals surface area contributed by atoms with Crippen LogP contribution in [0.25, 0.3) is 11.0 Å². The van der Waals surface area contributed by atoms with Crippen molar-refractivity contribution in [3.05, 3.63) is 53.9 Å². The van der Waals surface area contributed by atoms with Crippen LogP contribution in [0.2, 0.25) is 0 Å². The van der Waals surface area contributed by atoms with Crippen LogP contribution in [0.1, 0.15) is 55.2 Å². The third-order valence-corrected chi connectivity index (χ3v) is 5.47. The molecule has 1 aliphatic heterocycles. The molecule has 1 N–H and O–H groups in total. The summed E-state index contributed by atoms with van der Waals surface area (Å²) in [5.74, 6) is 1.85.